The number of anilines is 3. The van der Waals surface area contributed by atoms with Gasteiger partial charge in [0.2, 0.25) is 0 Å². The van der Waals surface area contributed by atoms with Gasteiger partial charge < -0.3 is 15.8 Å². The van der Waals surface area contributed by atoms with E-state index in [1.165, 1.54) is 6.20 Å². The summed E-state index contributed by atoms with van der Waals surface area (Å²) in [5.41, 5.74) is 7.46. The molecule has 6 heteroatoms. The van der Waals surface area contributed by atoms with E-state index in [9.17, 15) is 4.79 Å². The van der Waals surface area contributed by atoms with Crippen molar-refractivity contribution in [2.24, 2.45) is 0 Å². The largest absolute Gasteiger partial charge is 0.462 e. The third kappa shape index (κ3) is 3.19. The van der Waals surface area contributed by atoms with Gasteiger partial charge in [0.05, 0.1) is 23.5 Å². The van der Waals surface area contributed by atoms with Crippen molar-refractivity contribution < 1.29 is 9.53 Å². The molecule has 0 bridgehead atoms. The second kappa shape index (κ2) is 6.56. The number of pyridine rings is 1. The number of hydrogen-bond acceptors (Lipinski definition) is 5. The Morgan fingerprint density at radius 3 is 2.85 bits per heavy atom. The third-order valence-corrected chi connectivity index (χ3v) is 3.55. The lowest BCUT2D eigenvalue weighted by Gasteiger charge is -2.12. The van der Waals surface area contributed by atoms with Crippen LogP contribution in [0.4, 0.5) is 17.2 Å². The van der Waals surface area contributed by atoms with Crippen molar-refractivity contribution in [1.82, 2.24) is 4.98 Å². The maximum absolute atomic E-state index is 11.8. The lowest BCUT2D eigenvalue weighted by molar-refractivity contribution is 0.0527. The van der Waals surface area contributed by atoms with Crippen LogP contribution in [-0.2, 0) is 4.74 Å². The minimum Gasteiger partial charge on any atom is -0.462 e. The first-order chi connectivity index (χ1) is 9.63. The van der Waals surface area contributed by atoms with Gasteiger partial charge in [0.25, 0.3) is 0 Å². The Balaban J connectivity index is 2.32. The molecule has 2 aromatic rings. The fourth-order valence-corrected chi connectivity index (χ4v) is 2.17. The van der Waals surface area contributed by atoms with E-state index in [0.29, 0.717) is 18.0 Å². The molecule has 0 aliphatic carbocycles. The molecule has 0 spiro atoms. The van der Waals surface area contributed by atoms with E-state index in [-0.39, 0.29) is 5.69 Å². The number of hydrogen-bond donors (Lipinski definition) is 2. The summed E-state index contributed by atoms with van der Waals surface area (Å²) in [5, 5.41) is 3.13. The molecule has 1 heterocycles. The number of nitrogens with zero attached hydrogens (tertiary/aromatic N) is 1. The van der Waals surface area contributed by atoms with Crippen LogP contribution >= 0.6 is 22.6 Å². The molecule has 0 aliphatic rings. The predicted molar refractivity (Wildman–Crippen MR) is 87.0 cm³/mol. The number of esters is 1. The van der Waals surface area contributed by atoms with Crippen LogP contribution in [0.3, 0.4) is 0 Å². The number of nitrogen functional groups attached to an aromatic ring is 1. The van der Waals surface area contributed by atoms with Gasteiger partial charge in [-0.25, -0.2) is 9.78 Å². The number of rotatable bonds is 4. The van der Waals surface area contributed by atoms with E-state index >= 15 is 0 Å². The highest BCUT2D eigenvalue weighted by molar-refractivity contribution is 14.1. The van der Waals surface area contributed by atoms with Crippen LogP contribution in [0.1, 0.15) is 17.3 Å². The number of benzene rings is 1. The summed E-state index contributed by atoms with van der Waals surface area (Å²) in [6.45, 7) is 2.06. The number of halogens is 1. The summed E-state index contributed by atoms with van der Waals surface area (Å²) >= 11 is 2.21. The average Bonchev–Trinajstić information content (AvgIpc) is 2.43. The Labute approximate surface area is 130 Å². The number of nitrogens with one attached hydrogen (secondary N) is 1. The fourth-order valence-electron chi connectivity index (χ4n) is 1.65. The van der Waals surface area contributed by atoms with Crippen molar-refractivity contribution in [1.29, 1.82) is 0 Å². The van der Waals surface area contributed by atoms with Crippen molar-refractivity contribution >= 4 is 45.8 Å². The number of para-hydroxylation sites is 1. The van der Waals surface area contributed by atoms with E-state index in [0.717, 1.165) is 9.26 Å². The maximum atomic E-state index is 11.8. The Morgan fingerprint density at radius 2 is 2.15 bits per heavy atom. The van der Waals surface area contributed by atoms with Gasteiger partial charge in [0, 0.05) is 9.77 Å². The molecule has 3 N–H and O–H groups in total. The van der Waals surface area contributed by atoms with Crippen LogP contribution in [0.15, 0.2) is 36.5 Å². The fraction of sp³-hybridized carbons (Fsp3) is 0.143. The zero-order valence-corrected chi connectivity index (χ0v) is 13.0. The number of carbonyl (C=O) groups is 1. The quantitative estimate of drug-likeness (QED) is 0.627. The molecule has 0 unspecified atom stereocenters. The zero-order chi connectivity index (χ0) is 14.5. The molecule has 1 aromatic heterocycles. The normalized spacial score (nSPS) is 10.1. The number of ether oxygens (including phenoxy) is 1. The smallest absolute Gasteiger partial charge is 0.340 e. The van der Waals surface area contributed by atoms with E-state index in [2.05, 4.69) is 32.9 Å². The molecule has 0 aliphatic heterocycles. The molecule has 0 amide bonds. The maximum Gasteiger partial charge on any atom is 0.340 e. The molecule has 0 radical (unpaired) electrons. The van der Waals surface area contributed by atoms with E-state index < -0.39 is 5.97 Å². The van der Waals surface area contributed by atoms with Crippen molar-refractivity contribution in [3.63, 3.8) is 0 Å². The zero-order valence-electron chi connectivity index (χ0n) is 10.9. The topological polar surface area (TPSA) is 77.2 Å². The second-order valence-corrected chi connectivity index (χ2v) is 5.11. The number of aromatic nitrogens is 1. The molecule has 104 valence electrons. The summed E-state index contributed by atoms with van der Waals surface area (Å²) in [6.07, 6.45) is 1.53. The second-order valence-electron chi connectivity index (χ2n) is 3.95. The summed E-state index contributed by atoms with van der Waals surface area (Å²) < 4.78 is 6.00. The van der Waals surface area contributed by atoms with Gasteiger partial charge in [-0.3, -0.25) is 0 Å². The van der Waals surface area contributed by atoms with Crippen molar-refractivity contribution in [3.05, 3.63) is 45.7 Å². The van der Waals surface area contributed by atoms with Crippen molar-refractivity contribution in [2.75, 3.05) is 17.7 Å². The Morgan fingerprint density at radius 1 is 1.40 bits per heavy atom. The van der Waals surface area contributed by atoms with Crippen LogP contribution in [0, 0.1) is 3.57 Å². The highest BCUT2D eigenvalue weighted by atomic mass is 127. The first-order valence-electron chi connectivity index (χ1n) is 6.06. The van der Waals surface area contributed by atoms with Crippen LogP contribution in [-0.4, -0.2) is 17.6 Å². The molecule has 0 saturated carbocycles. The summed E-state index contributed by atoms with van der Waals surface area (Å²) in [6, 6.07) is 9.29. The Kier molecular flexibility index (Phi) is 4.78. The molecule has 1 aromatic carbocycles. The molecule has 5 nitrogen and oxygen atoms in total. The molecular formula is C14H14IN3O2. The number of nitrogens with two attached hydrogens (primary N) is 1. The molecule has 2 rings (SSSR count). The van der Waals surface area contributed by atoms with Crippen molar-refractivity contribution in [2.45, 2.75) is 6.92 Å². The summed E-state index contributed by atoms with van der Waals surface area (Å²) in [4.78, 5) is 15.9. The van der Waals surface area contributed by atoms with Gasteiger partial charge in [-0.1, -0.05) is 12.1 Å². The van der Waals surface area contributed by atoms with E-state index in [1.54, 1.807) is 13.0 Å². The monoisotopic (exact) mass is 383 g/mol. The van der Waals surface area contributed by atoms with Gasteiger partial charge in [-0.15, -0.1) is 0 Å². The predicted octanol–water partition coefficient (Wildman–Crippen LogP) is 3.19. The van der Waals surface area contributed by atoms with Gasteiger partial charge in [-0.05, 0) is 47.7 Å². The Bertz CT molecular complexity index is 632. The van der Waals surface area contributed by atoms with Crippen LogP contribution in [0.5, 0.6) is 0 Å². The third-order valence-electron chi connectivity index (χ3n) is 2.61. The number of carbonyl (C=O) groups excluding carboxylic acids is 1. The lowest BCUT2D eigenvalue weighted by Crippen LogP contribution is -2.10. The average molecular weight is 383 g/mol. The molecule has 0 atom stereocenters. The first kappa shape index (κ1) is 14.6. The Hall–Kier alpha value is -1.83. The SMILES string of the molecule is CCOC(=O)c1ccnc(Nc2ccccc2I)c1N. The van der Waals surface area contributed by atoms with Crippen molar-refractivity contribution in [3.8, 4) is 0 Å². The van der Waals surface area contributed by atoms with Gasteiger partial charge in [-0.2, -0.15) is 0 Å². The van der Waals surface area contributed by atoms with Gasteiger partial charge in [0.1, 0.15) is 0 Å². The van der Waals surface area contributed by atoms with Crippen LogP contribution in [0.25, 0.3) is 0 Å². The summed E-state index contributed by atoms with van der Waals surface area (Å²) in [5.74, 6) is -0.00197. The van der Waals surface area contributed by atoms with E-state index in [1.807, 2.05) is 24.3 Å². The highest BCUT2D eigenvalue weighted by Gasteiger charge is 2.15. The minimum absolute atomic E-state index is 0.283. The molecular weight excluding hydrogens is 369 g/mol. The standard InChI is InChI=1S/C14H14IN3O2/c1-2-20-14(19)9-7-8-17-13(12(9)16)18-11-6-4-3-5-10(11)15/h3-8H,2,16H2,1H3,(H,17,18). The first-order valence-corrected chi connectivity index (χ1v) is 7.14. The summed E-state index contributed by atoms with van der Waals surface area (Å²) in [7, 11) is 0. The van der Waals surface area contributed by atoms with Gasteiger partial charge in [0.15, 0.2) is 5.82 Å². The molecule has 20 heavy (non-hydrogen) atoms. The van der Waals surface area contributed by atoms with Gasteiger partial charge >= 0.3 is 5.97 Å². The molecule has 0 saturated heterocycles. The van der Waals surface area contributed by atoms with Crippen LogP contribution < -0.4 is 11.1 Å². The minimum atomic E-state index is -0.446. The lowest BCUT2D eigenvalue weighted by atomic mass is 10.2. The van der Waals surface area contributed by atoms with E-state index in [4.69, 9.17) is 10.5 Å². The van der Waals surface area contributed by atoms with Crippen LogP contribution in [0.2, 0.25) is 0 Å². The molecule has 0 fully saturated rings. The highest BCUT2D eigenvalue weighted by Crippen LogP contribution is 2.26.